The molecule has 48 valence electrons. The van der Waals surface area contributed by atoms with E-state index in [-0.39, 0.29) is 0 Å². The molecule has 9 heavy (non-hydrogen) atoms. The van der Waals surface area contributed by atoms with Crippen LogP contribution >= 0.6 is 11.8 Å². The largest absolute Gasteiger partial charge is 0.229 e. The van der Waals surface area contributed by atoms with Gasteiger partial charge in [-0.15, -0.1) is 0 Å². The molecule has 1 N–H and O–H groups in total. The SMILES string of the molecule is ClNCc1ccccc1. The highest BCUT2D eigenvalue weighted by atomic mass is 35.5. The molecule has 0 aliphatic rings. The van der Waals surface area contributed by atoms with E-state index in [1.54, 1.807) is 0 Å². The third-order valence-corrected chi connectivity index (χ3v) is 1.25. The van der Waals surface area contributed by atoms with E-state index < -0.39 is 0 Å². The van der Waals surface area contributed by atoms with Crippen LogP contribution in [0.2, 0.25) is 0 Å². The molecule has 0 radical (unpaired) electrons. The van der Waals surface area contributed by atoms with E-state index in [0.29, 0.717) is 0 Å². The molecular weight excluding hydrogens is 134 g/mol. The van der Waals surface area contributed by atoms with Crippen molar-refractivity contribution in [1.29, 1.82) is 0 Å². The summed E-state index contributed by atoms with van der Waals surface area (Å²) in [6, 6.07) is 10.0. The first kappa shape index (κ1) is 6.59. The number of hydrogen-bond acceptors (Lipinski definition) is 1. The highest BCUT2D eigenvalue weighted by Crippen LogP contribution is 1.96. The van der Waals surface area contributed by atoms with Crippen LogP contribution in [-0.2, 0) is 6.54 Å². The number of benzene rings is 1. The average molecular weight is 142 g/mol. The standard InChI is InChI=1S/C7H8ClN/c8-9-6-7-4-2-1-3-5-7/h1-5,9H,6H2. The van der Waals surface area contributed by atoms with Crippen molar-refractivity contribution in [2.75, 3.05) is 0 Å². The number of hydrogen-bond donors (Lipinski definition) is 1. The average Bonchev–Trinajstić information content (AvgIpc) is 1.91. The van der Waals surface area contributed by atoms with Gasteiger partial charge >= 0.3 is 0 Å². The summed E-state index contributed by atoms with van der Waals surface area (Å²) >= 11 is 5.29. The van der Waals surface area contributed by atoms with Crippen molar-refractivity contribution >= 4 is 11.8 Å². The third kappa shape index (κ3) is 2.04. The van der Waals surface area contributed by atoms with Gasteiger partial charge < -0.3 is 0 Å². The summed E-state index contributed by atoms with van der Waals surface area (Å²) in [6.45, 7) is 0.725. The zero-order chi connectivity index (χ0) is 6.53. The Balaban J connectivity index is 2.61. The molecule has 0 spiro atoms. The second-order valence-electron chi connectivity index (χ2n) is 1.80. The van der Waals surface area contributed by atoms with Crippen LogP contribution in [0.1, 0.15) is 5.56 Å². The van der Waals surface area contributed by atoms with Crippen LogP contribution in [0.25, 0.3) is 0 Å². The molecule has 0 aromatic heterocycles. The summed E-state index contributed by atoms with van der Waals surface area (Å²) in [5.41, 5.74) is 1.20. The van der Waals surface area contributed by atoms with Crippen LogP contribution in [0.5, 0.6) is 0 Å². The lowest BCUT2D eigenvalue weighted by Gasteiger charge is -1.94. The summed E-state index contributed by atoms with van der Waals surface area (Å²) < 4.78 is 0. The van der Waals surface area contributed by atoms with Crippen LogP contribution in [0, 0.1) is 0 Å². The van der Waals surface area contributed by atoms with Gasteiger partial charge in [0.1, 0.15) is 0 Å². The summed E-state index contributed by atoms with van der Waals surface area (Å²) in [5.74, 6) is 0. The van der Waals surface area contributed by atoms with Crippen LogP contribution in [0.15, 0.2) is 30.3 Å². The van der Waals surface area contributed by atoms with Gasteiger partial charge in [-0.2, -0.15) is 0 Å². The topological polar surface area (TPSA) is 12.0 Å². The van der Waals surface area contributed by atoms with Gasteiger partial charge in [0.2, 0.25) is 0 Å². The molecule has 0 saturated heterocycles. The summed E-state index contributed by atoms with van der Waals surface area (Å²) in [4.78, 5) is 2.56. The van der Waals surface area contributed by atoms with Gasteiger partial charge in [0.15, 0.2) is 0 Å². The maximum absolute atomic E-state index is 5.29. The van der Waals surface area contributed by atoms with Gasteiger partial charge in [0.05, 0.1) is 0 Å². The molecule has 2 heteroatoms. The zero-order valence-corrected chi connectivity index (χ0v) is 5.73. The molecule has 1 aromatic carbocycles. The van der Waals surface area contributed by atoms with E-state index in [9.17, 15) is 0 Å². The highest BCUT2D eigenvalue weighted by Gasteiger charge is 1.84. The molecule has 0 atom stereocenters. The normalized spacial score (nSPS) is 9.44. The Morgan fingerprint density at radius 2 is 1.89 bits per heavy atom. The Kier molecular flexibility index (Phi) is 2.55. The smallest absolute Gasteiger partial charge is 0.0359 e. The molecule has 0 saturated carbocycles. The van der Waals surface area contributed by atoms with Crippen LogP contribution < -0.4 is 4.84 Å². The van der Waals surface area contributed by atoms with E-state index in [1.807, 2.05) is 30.3 Å². The van der Waals surface area contributed by atoms with Crippen LogP contribution in [0.4, 0.5) is 0 Å². The van der Waals surface area contributed by atoms with Crippen molar-refractivity contribution in [2.24, 2.45) is 0 Å². The fourth-order valence-corrected chi connectivity index (χ4v) is 0.827. The van der Waals surface area contributed by atoms with Gasteiger partial charge in [-0.1, -0.05) is 30.3 Å². The molecule has 0 aliphatic heterocycles. The number of nitrogens with one attached hydrogen (secondary N) is 1. The van der Waals surface area contributed by atoms with E-state index in [2.05, 4.69) is 4.84 Å². The first-order valence-electron chi connectivity index (χ1n) is 2.81. The predicted molar refractivity (Wildman–Crippen MR) is 39.1 cm³/mol. The Morgan fingerprint density at radius 1 is 1.22 bits per heavy atom. The number of halogens is 1. The van der Waals surface area contributed by atoms with Gasteiger partial charge in [0.25, 0.3) is 0 Å². The quantitative estimate of drug-likeness (QED) is 0.621. The second-order valence-corrected chi connectivity index (χ2v) is 2.06. The molecule has 0 bridgehead atoms. The highest BCUT2D eigenvalue weighted by molar-refractivity contribution is 6.13. The Bertz CT molecular complexity index is 162. The third-order valence-electron chi connectivity index (χ3n) is 1.11. The van der Waals surface area contributed by atoms with Gasteiger partial charge in [0, 0.05) is 6.54 Å². The summed E-state index contributed by atoms with van der Waals surface area (Å²) in [7, 11) is 0. The van der Waals surface area contributed by atoms with Crippen molar-refractivity contribution in [2.45, 2.75) is 6.54 Å². The van der Waals surface area contributed by atoms with Crippen LogP contribution in [-0.4, -0.2) is 0 Å². The summed E-state index contributed by atoms with van der Waals surface area (Å²) in [5, 5.41) is 0. The van der Waals surface area contributed by atoms with Gasteiger partial charge in [-0.25, -0.2) is 4.84 Å². The minimum Gasteiger partial charge on any atom is -0.229 e. The Hall–Kier alpha value is -0.530. The first-order chi connectivity index (χ1) is 4.43. The summed E-state index contributed by atoms with van der Waals surface area (Å²) in [6.07, 6.45) is 0. The predicted octanol–water partition coefficient (Wildman–Crippen LogP) is 1.93. The minimum absolute atomic E-state index is 0.725. The van der Waals surface area contributed by atoms with E-state index >= 15 is 0 Å². The van der Waals surface area contributed by atoms with Crippen molar-refractivity contribution in [3.05, 3.63) is 35.9 Å². The molecular formula is C7H8ClN. The van der Waals surface area contributed by atoms with Crippen molar-refractivity contribution < 1.29 is 0 Å². The second kappa shape index (κ2) is 3.49. The molecule has 1 nitrogen and oxygen atoms in total. The fourth-order valence-electron chi connectivity index (χ4n) is 0.673. The molecule has 0 unspecified atom stereocenters. The lowest BCUT2D eigenvalue weighted by atomic mass is 10.2. The molecule has 1 rings (SSSR count). The van der Waals surface area contributed by atoms with Gasteiger partial charge in [-0.3, -0.25) is 0 Å². The van der Waals surface area contributed by atoms with Crippen LogP contribution in [0.3, 0.4) is 0 Å². The Labute approximate surface area is 59.8 Å². The van der Waals surface area contributed by atoms with E-state index in [4.69, 9.17) is 11.8 Å². The number of rotatable bonds is 2. The van der Waals surface area contributed by atoms with Crippen molar-refractivity contribution in [3.8, 4) is 0 Å². The maximum Gasteiger partial charge on any atom is 0.0359 e. The fraction of sp³-hybridized carbons (Fsp3) is 0.143. The van der Waals surface area contributed by atoms with E-state index in [1.165, 1.54) is 5.56 Å². The zero-order valence-electron chi connectivity index (χ0n) is 4.97. The van der Waals surface area contributed by atoms with Gasteiger partial charge in [-0.05, 0) is 17.3 Å². The molecule has 0 fully saturated rings. The van der Waals surface area contributed by atoms with Crippen molar-refractivity contribution in [3.63, 3.8) is 0 Å². The maximum atomic E-state index is 5.29. The van der Waals surface area contributed by atoms with Crippen molar-refractivity contribution in [1.82, 2.24) is 4.84 Å². The lowest BCUT2D eigenvalue weighted by Crippen LogP contribution is -1.96. The first-order valence-corrected chi connectivity index (χ1v) is 3.18. The molecule has 1 aromatic rings. The monoisotopic (exact) mass is 141 g/mol. The minimum atomic E-state index is 0.725. The molecule has 0 heterocycles. The Morgan fingerprint density at radius 3 is 2.44 bits per heavy atom. The lowest BCUT2D eigenvalue weighted by molar-refractivity contribution is 0.964. The van der Waals surface area contributed by atoms with E-state index in [0.717, 1.165) is 6.54 Å². The molecule has 0 aliphatic carbocycles. The molecule has 0 amide bonds.